The Morgan fingerprint density at radius 3 is 2.69 bits per heavy atom. The molecule has 7 nitrogen and oxygen atoms in total. The van der Waals surface area contributed by atoms with Gasteiger partial charge in [-0.2, -0.15) is 0 Å². The summed E-state index contributed by atoms with van der Waals surface area (Å²) in [5.74, 6) is 1.74. The van der Waals surface area contributed by atoms with Gasteiger partial charge in [0.2, 0.25) is 0 Å². The Labute approximate surface area is 213 Å². The summed E-state index contributed by atoms with van der Waals surface area (Å²) in [7, 11) is 0. The van der Waals surface area contributed by atoms with Crippen molar-refractivity contribution in [1.29, 1.82) is 0 Å². The summed E-state index contributed by atoms with van der Waals surface area (Å²) in [5.41, 5.74) is 2.88. The molecular formula is C28H26N4O3S. The second kappa shape index (κ2) is 8.95. The van der Waals surface area contributed by atoms with Gasteiger partial charge >= 0.3 is 6.03 Å². The fourth-order valence-corrected chi connectivity index (χ4v) is 6.17. The van der Waals surface area contributed by atoms with Crippen LogP contribution < -0.4 is 20.3 Å². The molecule has 2 atom stereocenters. The first-order valence-electron chi connectivity index (χ1n) is 12.2. The zero-order valence-electron chi connectivity index (χ0n) is 20.1. The van der Waals surface area contributed by atoms with E-state index in [1.54, 1.807) is 11.1 Å². The molecule has 3 heterocycles. The standard InChI is InChI=1S/C28H26N4O3S/c1-16-7-6-10-20(16)30-26(33)25-24-23-22(13-14-29-27(23)36-25)32(28(34)31-24)21-12-11-19(15-17(21)2)35-18-8-4-3-5-9-18/h3-5,8-9,11-16,20H,6-7,10H2,1-2H3,(H,30,33)(H,31,34)/t16-,20?/m0/s1. The molecule has 0 bridgehead atoms. The highest BCUT2D eigenvalue weighted by atomic mass is 32.1. The number of carbonyl (C=O) groups excluding carboxylic acids is 2. The quantitative estimate of drug-likeness (QED) is 0.310. The summed E-state index contributed by atoms with van der Waals surface area (Å²) in [5, 5.41) is 6.96. The summed E-state index contributed by atoms with van der Waals surface area (Å²) in [4.78, 5) is 34.0. The molecular weight excluding hydrogens is 472 g/mol. The van der Waals surface area contributed by atoms with Crippen LogP contribution in [-0.2, 0) is 0 Å². The molecule has 1 unspecified atom stereocenters. The molecule has 6 rings (SSSR count). The van der Waals surface area contributed by atoms with E-state index in [1.807, 2.05) is 61.5 Å². The lowest BCUT2D eigenvalue weighted by Gasteiger charge is -2.29. The van der Waals surface area contributed by atoms with Crippen LogP contribution in [0.3, 0.4) is 0 Å². The van der Waals surface area contributed by atoms with Crippen molar-refractivity contribution in [1.82, 2.24) is 10.3 Å². The smallest absolute Gasteiger partial charge is 0.331 e. The van der Waals surface area contributed by atoms with Crippen molar-refractivity contribution in [2.24, 2.45) is 5.92 Å². The average Bonchev–Trinajstić information content (AvgIpc) is 3.45. The normalized spacial score (nSPS) is 18.8. The van der Waals surface area contributed by atoms with Gasteiger partial charge in [-0.15, -0.1) is 11.3 Å². The molecule has 0 spiro atoms. The third kappa shape index (κ3) is 3.87. The number of ether oxygens (including phenoxy) is 1. The van der Waals surface area contributed by atoms with Crippen LogP contribution in [0.5, 0.6) is 11.5 Å². The zero-order chi connectivity index (χ0) is 24.8. The Kier molecular flexibility index (Phi) is 5.60. The van der Waals surface area contributed by atoms with Crippen molar-refractivity contribution >= 4 is 50.6 Å². The Morgan fingerprint density at radius 1 is 1.11 bits per heavy atom. The predicted molar refractivity (Wildman–Crippen MR) is 143 cm³/mol. The van der Waals surface area contributed by atoms with E-state index in [0.717, 1.165) is 46.5 Å². The van der Waals surface area contributed by atoms with Crippen LogP contribution in [0.4, 0.5) is 21.9 Å². The first-order chi connectivity index (χ1) is 17.5. The molecule has 2 aliphatic rings. The van der Waals surface area contributed by atoms with Gasteiger partial charge in [-0.3, -0.25) is 9.69 Å². The van der Waals surface area contributed by atoms with E-state index in [1.165, 1.54) is 11.3 Å². The highest BCUT2D eigenvalue weighted by Gasteiger charge is 2.34. The average molecular weight is 499 g/mol. The van der Waals surface area contributed by atoms with Crippen molar-refractivity contribution < 1.29 is 14.3 Å². The maximum absolute atomic E-state index is 13.4. The lowest BCUT2D eigenvalue weighted by atomic mass is 10.1. The third-order valence-corrected chi connectivity index (χ3v) is 8.11. The van der Waals surface area contributed by atoms with Gasteiger partial charge < -0.3 is 15.4 Å². The summed E-state index contributed by atoms with van der Waals surface area (Å²) in [6, 6.07) is 16.9. The third-order valence-electron chi connectivity index (χ3n) is 7.02. The molecule has 182 valence electrons. The van der Waals surface area contributed by atoms with Crippen molar-refractivity contribution in [3.63, 3.8) is 0 Å². The predicted octanol–water partition coefficient (Wildman–Crippen LogP) is 7.00. The van der Waals surface area contributed by atoms with Crippen LogP contribution >= 0.6 is 11.3 Å². The zero-order valence-corrected chi connectivity index (χ0v) is 20.9. The summed E-state index contributed by atoms with van der Waals surface area (Å²) in [6.07, 6.45) is 4.92. The molecule has 2 aromatic carbocycles. The molecule has 1 aliphatic heterocycles. The molecule has 1 aliphatic carbocycles. The number of hydrogen-bond donors (Lipinski definition) is 2. The molecule has 4 aromatic rings. The van der Waals surface area contributed by atoms with Gasteiger partial charge in [0.25, 0.3) is 5.91 Å². The molecule has 8 heteroatoms. The maximum Gasteiger partial charge on any atom is 0.331 e. The van der Waals surface area contributed by atoms with Crippen molar-refractivity contribution in [2.75, 3.05) is 10.2 Å². The number of nitrogens with one attached hydrogen (secondary N) is 2. The maximum atomic E-state index is 13.4. The van der Waals surface area contributed by atoms with Crippen molar-refractivity contribution in [2.45, 2.75) is 39.2 Å². The Bertz CT molecular complexity index is 1480. The fraction of sp³-hybridized carbons (Fsp3) is 0.250. The van der Waals surface area contributed by atoms with E-state index in [9.17, 15) is 9.59 Å². The van der Waals surface area contributed by atoms with Gasteiger partial charge in [-0.25, -0.2) is 9.78 Å². The van der Waals surface area contributed by atoms with Crippen LogP contribution in [-0.4, -0.2) is 23.0 Å². The minimum Gasteiger partial charge on any atom is -0.457 e. The number of aromatic nitrogens is 1. The topological polar surface area (TPSA) is 83.6 Å². The van der Waals surface area contributed by atoms with Gasteiger partial charge in [-0.05, 0) is 67.6 Å². The van der Waals surface area contributed by atoms with Crippen LogP contribution in [0, 0.1) is 12.8 Å². The number of urea groups is 1. The van der Waals surface area contributed by atoms with Crippen LogP contribution in [0.2, 0.25) is 0 Å². The second-order valence-electron chi connectivity index (χ2n) is 9.43. The van der Waals surface area contributed by atoms with Crippen LogP contribution in [0.25, 0.3) is 10.2 Å². The number of pyridine rings is 1. The van der Waals surface area contributed by atoms with E-state index in [2.05, 4.69) is 22.5 Å². The number of amides is 3. The Balaban J connectivity index is 1.35. The largest absolute Gasteiger partial charge is 0.457 e. The Morgan fingerprint density at radius 2 is 1.94 bits per heavy atom. The van der Waals surface area contributed by atoms with Crippen molar-refractivity contribution in [3.8, 4) is 11.5 Å². The number of aryl methyl sites for hydroxylation is 1. The number of thiophene rings is 1. The number of nitrogens with zero attached hydrogens (tertiary/aromatic N) is 2. The minimum atomic E-state index is -0.309. The number of rotatable bonds is 5. The molecule has 2 aromatic heterocycles. The summed E-state index contributed by atoms with van der Waals surface area (Å²) < 4.78 is 5.96. The highest BCUT2D eigenvalue weighted by Crippen LogP contribution is 2.46. The van der Waals surface area contributed by atoms with Crippen LogP contribution in [0.15, 0.2) is 60.8 Å². The fourth-order valence-electron chi connectivity index (χ4n) is 5.14. The van der Waals surface area contributed by atoms with Gasteiger partial charge in [0.15, 0.2) is 0 Å². The lowest BCUT2D eigenvalue weighted by Crippen LogP contribution is -2.38. The molecule has 0 saturated heterocycles. The number of para-hydroxylation sites is 1. The van der Waals surface area contributed by atoms with E-state index >= 15 is 0 Å². The monoisotopic (exact) mass is 498 g/mol. The van der Waals surface area contributed by atoms with Gasteiger partial charge in [0.05, 0.1) is 22.4 Å². The minimum absolute atomic E-state index is 0.148. The second-order valence-corrected chi connectivity index (χ2v) is 10.4. The number of benzene rings is 2. The van der Waals surface area contributed by atoms with Crippen LogP contribution in [0.1, 0.15) is 41.4 Å². The number of anilines is 3. The SMILES string of the molecule is Cc1cc(Oc2ccccc2)ccc1N1C(=O)Nc2c(C(=O)NC3CCC[C@@H]3C)sc3nccc1c23. The van der Waals surface area contributed by atoms with Crippen molar-refractivity contribution in [3.05, 3.63) is 71.2 Å². The molecule has 36 heavy (non-hydrogen) atoms. The summed E-state index contributed by atoms with van der Waals surface area (Å²) >= 11 is 1.32. The van der Waals surface area contributed by atoms with Gasteiger partial charge in [-0.1, -0.05) is 31.5 Å². The lowest BCUT2D eigenvalue weighted by molar-refractivity contribution is 0.0934. The van der Waals surface area contributed by atoms with Gasteiger partial charge in [0.1, 0.15) is 21.2 Å². The number of hydrogen-bond acceptors (Lipinski definition) is 5. The highest BCUT2D eigenvalue weighted by molar-refractivity contribution is 7.21. The van der Waals surface area contributed by atoms with E-state index in [0.29, 0.717) is 27.9 Å². The van der Waals surface area contributed by atoms with E-state index < -0.39 is 0 Å². The number of carbonyl (C=O) groups is 2. The van der Waals surface area contributed by atoms with E-state index in [4.69, 9.17) is 4.74 Å². The first kappa shape index (κ1) is 22.5. The summed E-state index contributed by atoms with van der Waals surface area (Å²) in [6.45, 7) is 4.12. The molecule has 1 saturated carbocycles. The van der Waals surface area contributed by atoms with E-state index in [-0.39, 0.29) is 18.0 Å². The Hall–Kier alpha value is -3.91. The molecule has 3 amide bonds. The first-order valence-corrected chi connectivity index (χ1v) is 13.0. The molecule has 2 N–H and O–H groups in total. The molecule has 1 fully saturated rings. The van der Waals surface area contributed by atoms with Gasteiger partial charge in [0, 0.05) is 12.2 Å². The molecule has 0 radical (unpaired) electrons.